The van der Waals surface area contributed by atoms with Crippen molar-refractivity contribution < 1.29 is 4.74 Å². The molecule has 21 heavy (non-hydrogen) atoms. The van der Waals surface area contributed by atoms with E-state index in [1.54, 1.807) is 0 Å². The first kappa shape index (κ1) is 14.5. The van der Waals surface area contributed by atoms with Crippen LogP contribution in [0.4, 0.5) is 0 Å². The zero-order valence-corrected chi connectivity index (χ0v) is 13.2. The second-order valence-electron chi connectivity index (χ2n) is 6.97. The van der Waals surface area contributed by atoms with Crippen molar-refractivity contribution in [3.05, 3.63) is 30.6 Å². The van der Waals surface area contributed by atoms with E-state index in [2.05, 4.69) is 53.8 Å². The van der Waals surface area contributed by atoms with Gasteiger partial charge in [0, 0.05) is 12.1 Å². The molecule has 3 rings (SSSR count). The van der Waals surface area contributed by atoms with Gasteiger partial charge in [-0.15, -0.1) is 0 Å². The van der Waals surface area contributed by atoms with Crippen LogP contribution in [0.2, 0.25) is 0 Å². The summed E-state index contributed by atoms with van der Waals surface area (Å²) in [6.45, 7) is 8.41. The highest BCUT2D eigenvalue weighted by atomic mass is 16.5. The molecule has 2 aromatic rings. The smallest absolute Gasteiger partial charge is 0.0959 e. The quantitative estimate of drug-likeness (QED) is 0.939. The van der Waals surface area contributed by atoms with Gasteiger partial charge in [-0.05, 0) is 45.7 Å². The number of nitrogens with zero attached hydrogens (tertiary/aromatic N) is 2. The number of nitrogens with one attached hydrogen (secondary N) is 1. The zero-order valence-electron chi connectivity index (χ0n) is 13.2. The van der Waals surface area contributed by atoms with E-state index in [0.29, 0.717) is 12.2 Å². The predicted octanol–water partition coefficient (Wildman–Crippen LogP) is 2.97. The summed E-state index contributed by atoms with van der Waals surface area (Å²) in [4.78, 5) is 4.44. The van der Waals surface area contributed by atoms with E-state index in [9.17, 15) is 0 Å². The first-order valence-electron chi connectivity index (χ1n) is 7.82. The highest BCUT2D eigenvalue weighted by Gasteiger charge is 2.26. The SMILES string of the molecule is CC(C)(C)NCC1CCC(Cn2cnc3ccccc32)O1. The summed E-state index contributed by atoms with van der Waals surface area (Å²) in [6.07, 6.45) is 4.83. The first-order chi connectivity index (χ1) is 10.0. The molecule has 1 saturated heterocycles. The lowest BCUT2D eigenvalue weighted by Gasteiger charge is -2.23. The monoisotopic (exact) mass is 287 g/mol. The van der Waals surface area contributed by atoms with Gasteiger partial charge >= 0.3 is 0 Å². The molecule has 4 heteroatoms. The third-order valence-electron chi connectivity index (χ3n) is 3.98. The van der Waals surface area contributed by atoms with E-state index in [4.69, 9.17) is 4.74 Å². The highest BCUT2D eigenvalue weighted by molar-refractivity contribution is 5.74. The van der Waals surface area contributed by atoms with E-state index in [0.717, 1.165) is 31.4 Å². The number of aromatic nitrogens is 2. The molecule has 1 N–H and O–H groups in total. The average Bonchev–Trinajstić information content (AvgIpc) is 3.04. The van der Waals surface area contributed by atoms with Crippen LogP contribution in [0.5, 0.6) is 0 Å². The van der Waals surface area contributed by atoms with Crippen molar-refractivity contribution in [3.63, 3.8) is 0 Å². The molecule has 0 bridgehead atoms. The molecule has 0 aliphatic carbocycles. The zero-order chi connectivity index (χ0) is 14.9. The number of ether oxygens (including phenoxy) is 1. The third-order valence-corrected chi connectivity index (χ3v) is 3.98. The Morgan fingerprint density at radius 1 is 1.24 bits per heavy atom. The van der Waals surface area contributed by atoms with E-state index in [1.807, 2.05) is 12.4 Å². The molecule has 2 unspecified atom stereocenters. The van der Waals surface area contributed by atoms with Gasteiger partial charge in [-0.3, -0.25) is 0 Å². The molecular weight excluding hydrogens is 262 g/mol. The second-order valence-corrected chi connectivity index (χ2v) is 6.97. The van der Waals surface area contributed by atoms with Crippen molar-refractivity contribution in [1.82, 2.24) is 14.9 Å². The summed E-state index contributed by atoms with van der Waals surface area (Å²) in [5.74, 6) is 0. The Bertz CT molecular complexity index is 599. The van der Waals surface area contributed by atoms with Crippen molar-refractivity contribution in [2.45, 2.75) is 57.9 Å². The first-order valence-corrected chi connectivity index (χ1v) is 7.82. The van der Waals surface area contributed by atoms with Gasteiger partial charge in [0.2, 0.25) is 0 Å². The van der Waals surface area contributed by atoms with Crippen LogP contribution in [-0.4, -0.2) is 33.8 Å². The second kappa shape index (κ2) is 5.78. The van der Waals surface area contributed by atoms with Crippen LogP contribution < -0.4 is 5.32 Å². The van der Waals surface area contributed by atoms with Gasteiger partial charge in [0.15, 0.2) is 0 Å². The number of hydrogen-bond acceptors (Lipinski definition) is 3. The van der Waals surface area contributed by atoms with E-state index >= 15 is 0 Å². The number of benzene rings is 1. The van der Waals surface area contributed by atoms with Crippen LogP contribution in [0.25, 0.3) is 11.0 Å². The molecule has 0 spiro atoms. The van der Waals surface area contributed by atoms with Crippen LogP contribution >= 0.6 is 0 Å². The van der Waals surface area contributed by atoms with Crippen LogP contribution in [0, 0.1) is 0 Å². The minimum atomic E-state index is 0.155. The van der Waals surface area contributed by atoms with Gasteiger partial charge < -0.3 is 14.6 Å². The molecule has 1 fully saturated rings. The summed E-state index contributed by atoms with van der Waals surface area (Å²) in [7, 11) is 0. The van der Waals surface area contributed by atoms with E-state index in [-0.39, 0.29) is 5.54 Å². The molecule has 114 valence electrons. The molecular formula is C17H25N3O. The number of fused-ring (bicyclic) bond motifs is 1. The molecule has 1 aromatic heterocycles. The lowest BCUT2D eigenvalue weighted by atomic mass is 10.1. The Balaban J connectivity index is 1.57. The maximum Gasteiger partial charge on any atom is 0.0959 e. The Morgan fingerprint density at radius 2 is 2.00 bits per heavy atom. The van der Waals surface area contributed by atoms with Gasteiger partial charge in [0.1, 0.15) is 0 Å². The molecule has 0 saturated carbocycles. The maximum absolute atomic E-state index is 6.17. The van der Waals surface area contributed by atoms with Gasteiger partial charge in [0.05, 0.1) is 36.1 Å². The van der Waals surface area contributed by atoms with Crippen LogP contribution in [0.3, 0.4) is 0 Å². The topological polar surface area (TPSA) is 39.1 Å². The molecule has 0 radical (unpaired) electrons. The molecule has 2 heterocycles. The Hall–Kier alpha value is -1.39. The van der Waals surface area contributed by atoms with Crippen molar-refractivity contribution in [2.24, 2.45) is 0 Å². The summed E-state index contributed by atoms with van der Waals surface area (Å²) >= 11 is 0. The summed E-state index contributed by atoms with van der Waals surface area (Å²) < 4.78 is 8.38. The molecule has 2 atom stereocenters. The maximum atomic E-state index is 6.17. The molecule has 0 amide bonds. The van der Waals surface area contributed by atoms with E-state index in [1.165, 1.54) is 5.52 Å². The van der Waals surface area contributed by atoms with Crippen LogP contribution in [0.1, 0.15) is 33.6 Å². The van der Waals surface area contributed by atoms with Gasteiger partial charge in [-0.2, -0.15) is 0 Å². The lowest BCUT2D eigenvalue weighted by molar-refractivity contribution is 0.0336. The fourth-order valence-corrected chi connectivity index (χ4v) is 2.86. The summed E-state index contributed by atoms with van der Waals surface area (Å²) in [5.41, 5.74) is 2.40. The number of imidazole rings is 1. The van der Waals surface area contributed by atoms with Gasteiger partial charge in [-0.1, -0.05) is 12.1 Å². The van der Waals surface area contributed by atoms with Crippen LogP contribution in [0.15, 0.2) is 30.6 Å². The molecule has 1 aromatic carbocycles. The Morgan fingerprint density at radius 3 is 2.81 bits per heavy atom. The molecule has 1 aliphatic heterocycles. The van der Waals surface area contributed by atoms with Crippen molar-refractivity contribution in [3.8, 4) is 0 Å². The Kier molecular flexibility index (Phi) is 4.00. The third kappa shape index (κ3) is 3.63. The van der Waals surface area contributed by atoms with Gasteiger partial charge in [-0.25, -0.2) is 4.98 Å². The fourth-order valence-electron chi connectivity index (χ4n) is 2.86. The number of rotatable bonds is 4. The van der Waals surface area contributed by atoms with Crippen molar-refractivity contribution in [2.75, 3.05) is 6.54 Å². The predicted molar refractivity (Wildman–Crippen MR) is 85.4 cm³/mol. The number of para-hydroxylation sites is 2. The Labute approximate surface area is 126 Å². The molecule has 4 nitrogen and oxygen atoms in total. The average molecular weight is 287 g/mol. The molecule has 1 aliphatic rings. The van der Waals surface area contributed by atoms with Crippen LogP contribution in [-0.2, 0) is 11.3 Å². The largest absolute Gasteiger partial charge is 0.372 e. The number of hydrogen-bond donors (Lipinski definition) is 1. The highest BCUT2D eigenvalue weighted by Crippen LogP contribution is 2.23. The standard InChI is InChI=1S/C17H25N3O/c1-17(2,3)19-10-13-8-9-14(21-13)11-20-12-18-15-6-4-5-7-16(15)20/h4-7,12-14,19H,8-11H2,1-3H3. The lowest BCUT2D eigenvalue weighted by Crippen LogP contribution is -2.41. The minimum absolute atomic E-state index is 0.155. The fraction of sp³-hybridized carbons (Fsp3) is 0.588. The van der Waals surface area contributed by atoms with Crippen molar-refractivity contribution >= 4 is 11.0 Å². The van der Waals surface area contributed by atoms with Crippen molar-refractivity contribution in [1.29, 1.82) is 0 Å². The van der Waals surface area contributed by atoms with E-state index < -0.39 is 0 Å². The summed E-state index contributed by atoms with van der Waals surface area (Å²) in [6, 6.07) is 8.26. The normalized spacial score (nSPS) is 23.0. The summed E-state index contributed by atoms with van der Waals surface area (Å²) in [5, 5.41) is 3.53. The van der Waals surface area contributed by atoms with Gasteiger partial charge in [0.25, 0.3) is 0 Å². The minimum Gasteiger partial charge on any atom is -0.372 e.